The van der Waals surface area contributed by atoms with Crippen molar-refractivity contribution in [3.05, 3.63) is 87.7 Å². The third-order valence-corrected chi connectivity index (χ3v) is 7.32. The lowest BCUT2D eigenvalue weighted by Crippen LogP contribution is -2.29. The van der Waals surface area contributed by atoms with Crippen molar-refractivity contribution < 1.29 is 32.7 Å². The molecule has 1 fully saturated rings. The topological polar surface area (TPSA) is 127 Å². The molecular weight excluding hydrogens is 563 g/mol. The molecule has 4 aromatic rings. The number of aromatic nitrogens is 2. The summed E-state index contributed by atoms with van der Waals surface area (Å²) in [5.41, 5.74) is -0.144. The van der Waals surface area contributed by atoms with Crippen molar-refractivity contribution in [2.45, 2.75) is 32.0 Å². The van der Waals surface area contributed by atoms with Crippen LogP contribution in [0.15, 0.2) is 54.6 Å². The van der Waals surface area contributed by atoms with Crippen LogP contribution in [-0.4, -0.2) is 44.4 Å². The fourth-order valence-corrected chi connectivity index (χ4v) is 5.05. The van der Waals surface area contributed by atoms with Gasteiger partial charge >= 0.3 is 12.3 Å². The van der Waals surface area contributed by atoms with Gasteiger partial charge in [-0.2, -0.15) is 13.2 Å². The van der Waals surface area contributed by atoms with E-state index in [9.17, 15) is 32.7 Å². The van der Waals surface area contributed by atoms with Crippen LogP contribution in [0.1, 0.15) is 56.6 Å². The molecule has 1 saturated heterocycles. The Hall–Kier alpha value is -4.58. The van der Waals surface area contributed by atoms with E-state index in [4.69, 9.17) is 11.6 Å². The first-order chi connectivity index (χ1) is 19.4. The number of benzene rings is 3. The molecule has 1 atom stereocenters. The lowest BCUT2D eigenvalue weighted by Gasteiger charge is -2.19. The molecule has 0 bridgehead atoms. The number of carboxylic acid groups (broad SMARTS) is 1. The zero-order valence-corrected chi connectivity index (χ0v) is 22.2. The number of imidazole rings is 1. The Morgan fingerprint density at radius 3 is 2.51 bits per heavy atom. The molecular formula is C28H23ClF3N5O4. The number of alkyl halides is 3. The molecule has 0 unspecified atom stereocenters. The summed E-state index contributed by atoms with van der Waals surface area (Å²) in [5.74, 6) is -1.34. The fraction of sp³-hybridized carbons (Fsp3) is 0.214. The van der Waals surface area contributed by atoms with Crippen molar-refractivity contribution in [3.8, 4) is 0 Å². The second-order valence-corrected chi connectivity index (χ2v) is 9.95. The van der Waals surface area contributed by atoms with Gasteiger partial charge in [0.25, 0.3) is 11.8 Å². The average molecular weight is 586 g/mol. The van der Waals surface area contributed by atoms with Gasteiger partial charge in [0.15, 0.2) is 0 Å². The average Bonchev–Trinajstić information content (AvgIpc) is 3.58. The van der Waals surface area contributed by atoms with Crippen molar-refractivity contribution in [1.82, 2.24) is 14.9 Å². The van der Waals surface area contributed by atoms with E-state index in [-0.39, 0.29) is 22.3 Å². The van der Waals surface area contributed by atoms with Crippen molar-refractivity contribution >= 4 is 51.9 Å². The summed E-state index contributed by atoms with van der Waals surface area (Å²) in [6.45, 7) is 2.04. The van der Waals surface area contributed by atoms with Gasteiger partial charge in [-0.3, -0.25) is 14.5 Å². The third kappa shape index (κ3) is 5.55. The molecule has 212 valence electrons. The van der Waals surface area contributed by atoms with Crippen LogP contribution in [0.4, 0.5) is 29.3 Å². The molecule has 0 spiro atoms. The van der Waals surface area contributed by atoms with E-state index in [2.05, 4.69) is 20.6 Å². The van der Waals surface area contributed by atoms with Crippen LogP contribution < -0.4 is 10.6 Å². The highest BCUT2D eigenvalue weighted by molar-refractivity contribution is 6.31. The molecule has 1 aromatic heterocycles. The number of likely N-dealkylation sites (tertiary alicyclic amines) is 1. The fourth-order valence-electron chi connectivity index (χ4n) is 4.88. The predicted octanol–water partition coefficient (Wildman–Crippen LogP) is 6.86. The summed E-state index contributed by atoms with van der Waals surface area (Å²) in [6.07, 6.45) is -4.74. The molecule has 1 aliphatic rings. The number of hydrogen-bond donors (Lipinski definition) is 4. The van der Waals surface area contributed by atoms with Gasteiger partial charge in [-0.25, -0.2) is 9.78 Å². The monoisotopic (exact) mass is 585 g/mol. The second-order valence-electron chi connectivity index (χ2n) is 9.54. The minimum atomic E-state index is -4.76. The molecule has 0 aliphatic carbocycles. The lowest BCUT2D eigenvalue weighted by atomic mass is 10.1. The molecule has 0 saturated carbocycles. The molecule has 1 aliphatic heterocycles. The Morgan fingerprint density at radius 1 is 1.05 bits per heavy atom. The van der Waals surface area contributed by atoms with E-state index < -0.39 is 41.3 Å². The van der Waals surface area contributed by atoms with Crippen LogP contribution in [0, 0.1) is 6.92 Å². The number of rotatable bonds is 5. The van der Waals surface area contributed by atoms with Crippen LogP contribution in [0.2, 0.25) is 5.02 Å². The van der Waals surface area contributed by atoms with E-state index in [0.717, 1.165) is 12.1 Å². The Balaban J connectivity index is 1.57. The van der Waals surface area contributed by atoms with Crippen LogP contribution in [0.25, 0.3) is 11.0 Å². The number of hydrogen-bond acceptors (Lipinski definition) is 4. The summed E-state index contributed by atoms with van der Waals surface area (Å²) >= 11 is 6.19. The normalized spacial score (nSPS) is 15.2. The van der Waals surface area contributed by atoms with Gasteiger partial charge < -0.3 is 20.7 Å². The number of fused-ring (bicyclic) bond motifs is 1. The first-order valence-corrected chi connectivity index (χ1v) is 12.9. The highest BCUT2D eigenvalue weighted by Gasteiger charge is 2.35. The Morgan fingerprint density at radius 2 is 1.78 bits per heavy atom. The number of halogens is 4. The van der Waals surface area contributed by atoms with E-state index >= 15 is 0 Å². The molecule has 41 heavy (non-hydrogen) atoms. The van der Waals surface area contributed by atoms with E-state index in [1.165, 1.54) is 29.2 Å². The Kier molecular flexibility index (Phi) is 7.35. The zero-order chi connectivity index (χ0) is 29.5. The number of nitrogens with one attached hydrogen (secondary N) is 3. The van der Waals surface area contributed by atoms with Crippen LogP contribution >= 0.6 is 11.6 Å². The highest BCUT2D eigenvalue weighted by atomic mass is 35.5. The molecule has 3 aromatic carbocycles. The Labute approximate surface area is 236 Å². The summed E-state index contributed by atoms with van der Waals surface area (Å²) in [5, 5.41) is 15.2. The molecule has 3 amide bonds. The summed E-state index contributed by atoms with van der Waals surface area (Å²) in [7, 11) is 0. The van der Waals surface area contributed by atoms with Gasteiger partial charge in [-0.05, 0) is 61.7 Å². The molecule has 5 rings (SSSR count). The van der Waals surface area contributed by atoms with Crippen LogP contribution in [0.5, 0.6) is 0 Å². The highest BCUT2D eigenvalue weighted by Crippen LogP contribution is 2.35. The predicted molar refractivity (Wildman–Crippen MR) is 146 cm³/mol. The summed E-state index contributed by atoms with van der Waals surface area (Å²) in [4.78, 5) is 47.1. The Bertz CT molecular complexity index is 1690. The number of carbonyl (C=O) groups is 3. The molecule has 13 heteroatoms. The summed E-state index contributed by atoms with van der Waals surface area (Å²) < 4.78 is 40.6. The van der Waals surface area contributed by atoms with Crippen molar-refractivity contribution in [3.63, 3.8) is 0 Å². The first kappa shape index (κ1) is 28.0. The maximum absolute atomic E-state index is 13.5. The van der Waals surface area contributed by atoms with Crippen LogP contribution in [-0.2, 0) is 6.18 Å². The van der Waals surface area contributed by atoms with E-state index in [0.29, 0.717) is 41.5 Å². The smallest absolute Gasteiger partial charge is 0.417 e. The van der Waals surface area contributed by atoms with Crippen molar-refractivity contribution in [2.24, 2.45) is 0 Å². The lowest BCUT2D eigenvalue weighted by molar-refractivity contribution is -0.137. The number of anilines is 2. The maximum Gasteiger partial charge on any atom is 0.417 e. The van der Waals surface area contributed by atoms with Gasteiger partial charge in [-0.15, -0.1) is 0 Å². The van der Waals surface area contributed by atoms with E-state index in [1.807, 2.05) is 0 Å². The maximum atomic E-state index is 13.5. The minimum Gasteiger partial charge on any atom is -0.465 e. The van der Waals surface area contributed by atoms with E-state index in [1.54, 1.807) is 25.1 Å². The van der Waals surface area contributed by atoms with Gasteiger partial charge in [0.05, 0.1) is 28.2 Å². The largest absolute Gasteiger partial charge is 0.465 e. The van der Waals surface area contributed by atoms with Crippen molar-refractivity contribution in [2.75, 3.05) is 17.2 Å². The van der Waals surface area contributed by atoms with Crippen LogP contribution in [0.3, 0.4) is 0 Å². The second kappa shape index (κ2) is 10.8. The SMILES string of the molecule is Cc1c(Cl)cccc1NC(=O)c1cc(NC(=O)c2ccccc2C(F)(F)F)cc2[nH]c([C@H]3CCCN3C(=O)O)nc12. The third-order valence-electron chi connectivity index (χ3n) is 6.91. The zero-order valence-electron chi connectivity index (χ0n) is 21.5. The number of aromatic amines is 1. The van der Waals surface area contributed by atoms with Gasteiger partial charge in [0.1, 0.15) is 11.3 Å². The quantitative estimate of drug-likeness (QED) is 0.203. The number of amides is 3. The molecule has 4 N–H and O–H groups in total. The number of carbonyl (C=O) groups excluding carboxylic acids is 2. The minimum absolute atomic E-state index is 0.00338. The van der Waals surface area contributed by atoms with Gasteiger partial charge in [0, 0.05) is 22.9 Å². The summed E-state index contributed by atoms with van der Waals surface area (Å²) in [6, 6.07) is 11.5. The molecule has 9 nitrogen and oxygen atoms in total. The number of nitrogens with zero attached hydrogens (tertiary/aromatic N) is 2. The van der Waals surface area contributed by atoms with Gasteiger partial charge in [0.2, 0.25) is 0 Å². The first-order valence-electron chi connectivity index (χ1n) is 12.5. The number of H-pyrrole nitrogens is 1. The standard InChI is InChI=1S/C28H23ClF3N5O4/c1-14-19(29)8-4-9-20(14)35-26(39)17-12-15(33-25(38)16-6-2-3-7-18(16)28(30,31)32)13-21-23(17)36-24(34-21)22-10-5-11-37(22)27(40)41/h2-4,6-9,12-13,22H,5,10-11H2,1H3,(H,33,38)(H,34,36)(H,35,39)(H,40,41)/t22-/m1/s1. The van der Waals surface area contributed by atoms with Gasteiger partial charge in [-0.1, -0.05) is 29.8 Å². The molecule has 2 heterocycles. The van der Waals surface area contributed by atoms with Crippen molar-refractivity contribution in [1.29, 1.82) is 0 Å². The molecule has 0 radical (unpaired) electrons.